The van der Waals surface area contributed by atoms with Crippen molar-refractivity contribution in [3.63, 3.8) is 0 Å². The summed E-state index contributed by atoms with van der Waals surface area (Å²) < 4.78 is 7.29. The second-order valence-corrected chi connectivity index (χ2v) is 11.3. The molecule has 0 unspecified atom stereocenters. The highest BCUT2D eigenvalue weighted by Crippen LogP contribution is 2.33. The Labute approximate surface area is 267 Å². The first-order valence-electron chi connectivity index (χ1n) is 15.3. The van der Waals surface area contributed by atoms with E-state index in [0.29, 0.717) is 58.8 Å². The van der Waals surface area contributed by atoms with E-state index >= 15 is 0 Å². The van der Waals surface area contributed by atoms with E-state index in [9.17, 15) is 9.59 Å². The number of methoxy groups -OCH3 is 1. The van der Waals surface area contributed by atoms with Gasteiger partial charge in [-0.25, -0.2) is 4.68 Å². The third-order valence-electron chi connectivity index (χ3n) is 8.57. The first kappa shape index (κ1) is 29.0. The maximum Gasteiger partial charge on any atom is 0.283 e. The second-order valence-electron chi connectivity index (χ2n) is 11.3. The maximum absolute atomic E-state index is 14.5. The van der Waals surface area contributed by atoms with Crippen molar-refractivity contribution < 1.29 is 14.3 Å². The Hall–Kier alpha value is -5.73. The quantitative estimate of drug-likeness (QED) is 0.223. The van der Waals surface area contributed by atoms with Crippen LogP contribution in [-0.4, -0.2) is 46.2 Å². The highest BCUT2D eigenvalue weighted by atomic mass is 16.5. The lowest BCUT2D eigenvalue weighted by Crippen LogP contribution is -2.48. The van der Waals surface area contributed by atoms with E-state index in [1.165, 1.54) is 5.56 Å². The van der Waals surface area contributed by atoms with Crippen molar-refractivity contribution in [3.05, 3.63) is 150 Å². The topological polar surface area (TPSA) is 93.7 Å². The number of anilines is 2. The molecule has 0 bridgehead atoms. The van der Waals surface area contributed by atoms with Gasteiger partial charge in [0, 0.05) is 42.0 Å². The number of benzene rings is 5. The maximum atomic E-state index is 14.5. The van der Waals surface area contributed by atoms with Gasteiger partial charge in [-0.1, -0.05) is 78.9 Å². The number of hydrogen-bond donors (Lipinski definition) is 1. The molecule has 1 aliphatic heterocycles. The Morgan fingerprint density at radius 3 is 2.13 bits per heavy atom. The van der Waals surface area contributed by atoms with Gasteiger partial charge in [0.15, 0.2) is 5.69 Å². The number of nitrogens with zero attached hydrogens (tertiary/aromatic N) is 4. The molecule has 1 atom stereocenters. The number of aromatic nitrogens is 2. The number of fused-ring (bicyclic) bond motifs is 2. The van der Waals surface area contributed by atoms with Crippen LogP contribution in [0.15, 0.2) is 127 Å². The molecule has 5 aromatic carbocycles. The van der Waals surface area contributed by atoms with Crippen LogP contribution in [0.4, 0.5) is 11.4 Å². The largest absolute Gasteiger partial charge is 0.497 e. The zero-order valence-corrected chi connectivity index (χ0v) is 25.4. The molecule has 2 N–H and O–H groups in total. The zero-order valence-electron chi connectivity index (χ0n) is 25.4. The number of nitrogens with two attached hydrogens (primary N) is 1. The molecule has 2 heterocycles. The molecular weight excluding hydrogens is 574 g/mol. The van der Waals surface area contributed by atoms with Crippen LogP contribution < -0.4 is 15.4 Å². The molecule has 8 heteroatoms. The lowest BCUT2D eigenvalue weighted by molar-refractivity contribution is 0.0647. The summed E-state index contributed by atoms with van der Waals surface area (Å²) >= 11 is 0. The van der Waals surface area contributed by atoms with Crippen molar-refractivity contribution >= 4 is 34.1 Å². The van der Waals surface area contributed by atoms with Gasteiger partial charge in [-0.05, 0) is 60.0 Å². The Bertz CT molecular complexity index is 2000. The normalized spacial score (nSPS) is 14.1. The summed E-state index contributed by atoms with van der Waals surface area (Å²) in [5, 5.41) is 5.61. The highest BCUT2D eigenvalue weighted by molar-refractivity contribution is 6.16. The fourth-order valence-corrected chi connectivity index (χ4v) is 6.24. The van der Waals surface area contributed by atoms with Crippen LogP contribution in [0.2, 0.25) is 0 Å². The fraction of sp³-hybridized carbons (Fsp3) is 0.132. The summed E-state index contributed by atoms with van der Waals surface area (Å²) in [4.78, 5) is 32.5. The SMILES string of the molecule is COc1ccc(C(=O)N2Cc3ccccc3C[C@H]2CN)c(-n2nc(C(=O)N(c3ccccc3)c3ccccc3)c3ccccc32)c1. The standard InChI is InChI=1S/C38H33N5O3/c1-46-31-20-21-33(37(44)41-25-27-13-9-8-12-26(27)22-30(41)24-39)35(23-31)43-34-19-11-10-18-32(34)36(40-43)38(45)42(28-14-4-2-5-15-28)29-16-6-3-7-17-29/h2-21,23,30H,22,24-25,39H2,1H3/t30-/m0/s1. The second kappa shape index (κ2) is 12.3. The van der Waals surface area contributed by atoms with E-state index in [1.54, 1.807) is 34.9 Å². The summed E-state index contributed by atoms with van der Waals surface area (Å²) in [6.45, 7) is 0.790. The minimum atomic E-state index is -0.293. The molecule has 8 nitrogen and oxygen atoms in total. The van der Waals surface area contributed by atoms with Crippen LogP contribution in [0, 0.1) is 0 Å². The van der Waals surface area contributed by atoms with Gasteiger partial charge < -0.3 is 15.4 Å². The van der Waals surface area contributed by atoms with Crippen molar-refractivity contribution in [1.29, 1.82) is 0 Å². The average molecular weight is 608 g/mol. The number of rotatable bonds is 7. The molecule has 0 radical (unpaired) electrons. The minimum Gasteiger partial charge on any atom is -0.497 e. The lowest BCUT2D eigenvalue weighted by Gasteiger charge is -2.36. The number of carbonyl (C=O) groups excluding carboxylic acids is 2. The first-order valence-corrected chi connectivity index (χ1v) is 15.3. The first-order chi connectivity index (χ1) is 22.6. The molecule has 46 heavy (non-hydrogen) atoms. The molecular formula is C38H33N5O3. The van der Waals surface area contributed by atoms with Gasteiger partial charge in [-0.2, -0.15) is 5.10 Å². The Balaban J connectivity index is 1.37. The van der Waals surface area contributed by atoms with Gasteiger partial charge in [0.05, 0.1) is 23.9 Å². The minimum absolute atomic E-state index is 0.158. The van der Waals surface area contributed by atoms with Gasteiger partial charge in [-0.15, -0.1) is 0 Å². The summed E-state index contributed by atoms with van der Waals surface area (Å²) in [6, 6.07) is 39.9. The predicted molar refractivity (Wildman–Crippen MR) is 180 cm³/mol. The lowest BCUT2D eigenvalue weighted by atomic mass is 9.93. The summed E-state index contributed by atoms with van der Waals surface area (Å²) in [5.41, 5.74) is 11.9. The molecule has 0 saturated carbocycles. The van der Waals surface area contributed by atoms with Crippen molar-refractivity contribution in [3.8, 4) is 11.4 Å². The molecule has 0 saturated heterocycles. The monoisotopic (exact) mass is 607 g/mol. The van der Waals surface area contributed by atoms with Gasteiger partial charge in [0.1, 0.15) is 5.75 Å². The van der Waals surface area contributed by atoms with Crippen molar-refractivity contribution in [1.82, 2.24) is 14.7 Å². The van der Waals surface area contributed by atoms with E-state index in [1.807, 2.05) is 102 Å². The van der Waals surface area contributed by atoms with Crippen LogP contribution >= 0.6 is 0 Å². The Morgan fingerprint density at radius 1 is 0.826 bits per heavy atom. The van der Waals surface area contributed by atoms with Gasteiger partial charge >= 0.3 is 0 Å². The third kappa shape index (κ3) is 5.18. The van der Waals surface area contributed by atoms with E-state index in [2.05, 4.69) is 12.1 Å². The molecule has 0 fully saturated rings. The summed E-state index contributed by atoms with van der Waals surface area (Å²) in [6.07, 6.45) is 0.683. The van der Waals surface area contributed by atoms with E-state index in [4.69, 9.17) is 15.6 Å². The summed E-state index contributed by atoms with van der Waals surface area (Å²) in [5.74, 6) is 0.109. The molecule has 0 aliphatic carbocycles. The number of hydrogen-bond acceptors (Lipinski definition) is 5. The third-order valence-corrected chi connectivity index (χ3v) is 8.57. The number of ether oxygens (including phenoxy) is 1. The average Bonchev–Trinajstić information content (AvgIpc) is 3.51. The predicted octanol–water partition coefficient (Wildman–Crippen LogP) is 6.54. The molecule has 228 valence electrons. The molecule has 6 aromatic rings. The van der Waals surface area contributed by atoms with Crippen LogP contribution in [0.3, 0.4) is 0 Å². The number of carbonyl (C=O) groups is 2. The smallest absolute Gasteiger partial charge is 0.283 e. The van der Waals surface area contributed by atoms with Crippen LogP contribution in [0.1, 0.15) is 32.0 Å². The highest BCUT2D eigenvalue weighted by Gasteiger charge is 2.32. The number of para-hydroxylation sites is 3. The van der Waals surface area contributed by atoms with Crippen LogP contribution in [-0.2, 0) is 13.0 Å². The van der Waals surface area contributed by atoms with Crippen molar-refractivity contribution in [2.45, 2.75) is 19.0 Å². The zero-order chi connectivity index (χ0) is 31.6. The Kier molecular flexibility index (Phi) is 7.78. The van der Waals surface area contributed by atoms with Gasteiger partial charge in [-0.3, -0.25) is 14.5 Å². The van der Waals surface area contributed by atoms with Gasteiger partial charge in [0.2, 0.25) is 0 Å². The van der Waals surface area contributed by atoms with E-state index < -0.39 is 0 Å². The van der Waals surface area contributed by atoms with E-state index in [-0.39, 0.29) is 23.6 Å². The van der Waals surface area contributed by atoms with Crippen molar-refractivity contribution in [2.75, 3.05) is 18.6 Å². The molecule has 7 rings (SSSR count). The Morgan fingerprint density at radius 2 is 1.46 bits per heavy atom. The van der Waals surface area contributed by atoms with E-state index in [0.717, 1.165) is 5.56 Å². The van der Waals surface area contributed by atoms with Gasteiger partial charge in [0.25, 0.3) is 11.8 Å². The molecule has 0 spiro atoms. The molecule has 2 amide bonds. The fourth-order valence-electron chi connectivity index (χ4n) is 6.24. The van der Waals surface area contributed by atoms with Crippen molar-refractivity contribution in [2.24, 2.45) is 5.73 Å². The van der Waals surface area contributed by atoms with Crippen LogP contribution in [0.5, 0.6) is 5.75 Å². The molecule has 1 aliphatic rings. The summed E-state index contributed by atoms with van der Waals surface area (Å²) in [7, 11) is 1.58. The number of amides is 2. The van der Waals surface area contributed by atoms with Crippen LogP contribution in [0.25, 0.3) is 16.6 Å². The molecule has 1 aromatic heterocycles.